The standard InChI is InChI=1S/C31H32FN7O2S/c1-4-23-28(36(3)30-34-27(26(12-33)42-30)20-7-5-19(2)6-8-20)25-11-24(22(32)13-39(25)35-23)37-15-31(16-37)17-38(18-31)29(40)21-9-10-41-14-21/h5-8,11,13,21H,4,9-10,14-18H2,1-3H3/t21-/m1/s1/i13D. The minimum Gasteiger partial charge on any atom is -0.381 e. The van der Waals surface area contributed by atoms with Crippen LogP contribution in [0.2, 0.25) is 0 Å². The number of rotatable bonds is 6. The van der Waals surface area contributed by atoms with Crippen LogP contribution in [0.25, 0.3) is 16.8 Å². The fourth-order valence-corrected chi connectivity index (χ4v) is 7.29. The molecule has 1 aromatic carbocycles. The van der Waals surface area contributed by atoms with Crippen molar-refractivity contribution in [1.29, 1.82) is 5.26 Å². The Balaban J connectivity index is 1.18. The number of likely N-dealkylation sites (tertiary alicyclic amines) is 1. The summed E-state index contributed by atoms with van der Waals surface area (Å²) in [4.78, 5) is 23.9. The lowest BCUT2D eigenvalue weighted by Gasteiger charge is -2.61. The molecule has 11 heteroatoms. The molecule has 0 radical (unpaired) electrons. The van der Waals surface area contributed by atoms with E-state index in [9.17, 15) is 10.1 Å². The van der Waals surface area contributed by atoms with E-state index in [4.69, 9.17) is 11.1 Å². The highest BCUT2D eigenvalue weighted by Crippen LogP contribution is 2.45. The van der Waals surface area contributed by atoms with Gasteiger partial charge in [0.15, 0.2) is 10.9 Å². The van der Waals surface area contributed by atoms with Crippen molar-refractivity contribution in [2.24, 2.45) is 11.3 Å². The molecule has 3 saturated heterocycles. The van der Waals surface area contributed by atoms with Crippen LogP contribution in [0.1, 0.15) is 30.8 Å². The van der Waals surface area contributed by atoms with E-state index >= 15 is 4.39 Å². The number of halogens is 1. The molecule has 3 fully saturated rings. The van der Waals surface area contributed by atoms with Gasteiger partial charge >= 0.3 is 0 Å². The summed E-state index contributed by atoms with van der Waals surface area (Å²) < 4.78 is 31.0. The first-order valence-electron chi connectivity index (χ1n) is 14.8. The van der Waals surface area contributed by atoms with Crippen molar-refractivity contribution < 1.29 is 15.3 Å². The zero-order chi connectivity index (χ0) is 30.0. The maximum Gasteiger partial charge on any atom is 0.228 e. The Hall–Kier alpha value is -4.01. The van der Waals surface area contributed by atoms with E-state index in [2.05, 4.69) is 11.2 Å². The molecule has 6 heterocycles. The maximum atomic E-state index is 15.6. The third-order valence-electron chi connectivity index (χ3n) is 8.70. The summed E-state index contributed by atoms with van der Waals surface area (Å²) >= 11 is 1.29. The van der Waals surface area contributed by atoms with E-state index in [1.807, 2.05) is 59.9 Å². The second kappa shape index (κ2) is 10.1. The number of hydrogen-bond donors (Lipinski definition) is 0. The van der Waals surface area contributed by atoms with Crippen LogP contribution in [0.5, 0.6) is 0 Å². The number of nitrogens with zero attached hydrogens (tertiary/aromatic N) is 7. The summed E-state index contributed by atoms with van der Waals surface area (Å²) in [5, 5.41) is 15.1. The molecular weight excluding hydrogens is 553 g/mol. The molecule has 1 amide bonds. The average Bonchev–Trinajstić information content (AvgIpc) is 3.72. The summed E-state index contributed by atoms with van der Waals surface area (Å²) in [6.07, 6.45) is 1.05. The fraction of sp³-hybridized carbons (Fsp3) is 0.419. The second-order valence-electron chi connectivity index (χ2n) is 11.7. The van der Waals surface area contributed by atoms with Crippen LogP contribution in [0.3, 0.4) is 0 Å². The number of ether oxygens (including phenoxy) is 1. The van der Waals surface area contributed by atoms with Crippen molar-refractivity contribution in [3.05, 3.63) is 58.5 Å². The number of benzene rings is 1. The zero-order valence-corrected chi connectivity index (χ0v) is 24.7. The van der Waals surface area contributed by atoms with E-state index in [0.29, 0.717) is 78.4 Å². The highest BCUT2D eigenvalue weighted by Gasteiger charge is 2.54. The van der Waals surface area contributed by atoms with Gasteiger partial charge in [0.2, 0.25) is 5.91 Å². The SMILES string of the molecule is [2H]c1c(F)c(N2CC3(CN(C(=O)[C@@H]4CCOC4)C3)C2)cc2c(N(C)c3nc(-c4ccc(C)cc4)c(C#N)s3)c(CC)nn12. The van der Waals surface area contributed by atoms with Crippen molar-refractivity contribution in [1.82, 2.24) is 19.5 Å². The van der Waals surface area contributed by atoms with E-state index in [1.54, 1.807) is 6.07 Å². The van der Waals surface area contributed by atoms with Crippen LogP contribution in [0.15, 0.2) is 36.5 Å². The third kappa shape index (κ3) is 4.32. The van der Waals surface area contributed by atoms with Gasteiger partial charge in [-0.25, -0.2) is 13.9 Å². The van der Waals surface area contributed by atoms with Gasteiger partial charge in [-0.2, -0.15) is 10.4 Å². The van der Waals surface area contributed by atoms with E-state index < -0.39 is 5.82 Å². The zero-order valence-electron chi connectivity index (χ0n) is 24.9. The molecule has 1 atom stereocenters. The van der Waals surface area contributed by atoms with Gasteiger partial charge in [0, 0.05) is 50.8 Å². The molecule has 0 bridgehead atoms. The van der Waals surface area contributed by atoms with Crippen molar-refractivity contribution >= 4 is 39.3 Å². The van der Waals surface area contributed by atoms with Crippen molar-refractivity contribution in [3.63, 3.8) is 0 Å². The molecule has 9 nitrogen and oxygen atoms in total. The average molecular weight is 587 g/mol. The molecule has 7 rings (SSSR count). The number of pyridine rings is 1. The van der Waals surface area contributed by atoms with Crippen molar-refractivity contribution in [2.45, 2.75) is 26.7 Å². The van der Waals surface area contributed by atoms with Crippen LogP contribution in [0.4, 0.5) is 20.9 Å². The number of aromatic nitrogens is 3. The first kappa shape index (κ1) is 25.7. The second-order valence-corrected chi connectivity index (χ2v) is 12.7. The van der Waals surface area contributed by atoms with Crippen LogP contribution < -0.4 is 9.80 Å². The van der Waals surface area contributed by atoms with Gasteiger partial charge in [0.05, 0.1) is 42.7 Å². The number of thiazole rings is 1. The lowest BCUT2D eigenvalue weighted by Crippen LogP contribution is -2.73. The van der Waals surface area contributed by atoms with Gasteiger partial charge in [0.25, 0.3) is 0 Å². The van der Waals surface area contributed by atoms with Gasteiger partial charge in [-0.15, -0.1) is 0 Å². The van der Waals surface area contributed by atoms with Crippen molar-refractivity contribution in [2.75, 3.05) is 56.2 Å². The predicted molar refractivity (Wildman–Crippen MR) is 160 cm³/mol. The molecule has 0 unspecified atom stereocenters. The van der Waals surface area contributed by atoms with Crippen LogP contribution in [-0.2, 0) is 16.0 Å². The topological polar surface area (TPSA) is 90.0 Å². The number of aryl methyl sites for hydroxylation is 2. The van der Waals surface area contributed by atoms with Crippen LogP contribution in [0, 0.1) is 35.4 Å². The van der Waals surface area contributed by atoms with Crippen molar-refractivity contribution in [3.8, 4) is 17.3 Å². The minimum absolute atomic E-state index is 0.0364. The first-order chi connectivity index (χ1) is 20.7. The molecule has 216 valence electrons. The Morgan fingerprint density at radius 3 is 2.74 bits per heavy atom. The largest absolute Gasteiger partial charge is 0.381 e. The third-order valence-corrected chi connectivity index (χ3v) is 9.74. The quantitative estimate of drug-likeness (QED) is 0.321. The molecule has 42 heavy (non-hydrogen) atoms. The fourth-order valence-electron chi connectivity index (χ4n) is 6.43. The molecular formula is C31H32FN7O2S. The number of amides is 1. The molecule has 0 saturated carbocycles. The van der Waals surface area contributed by atoms with Gasteiger partial charge in [-0.1, -0.05) is 48.1 Å². The molecule has 3 aliphatic heterocycles. The van der Waals surface area contributed by atoms with Gasteiger partial charge in [-0.3, -0.25) is 4.79 Å². The molecule has 3 aliphatic rings. The molecule has 0 aliphatic carbocycles. The number of hydrogen-bond acceptors (Lipinski definition) is 8. The number of carbonyl (C=O) groups excluding carboxylic acids is 1. The van der Waals surface area contributed by atoms with Crippen LogP contribution in [-0.4, -0.2) is 71.8 Å². The summed E-state index contributed by atoms with van der Waals surface area (Å²) in [6.45, 7) is 7.73. The molecule has 4 aromatic rings. The van der Waals surface area contributed by atoms with E-state index in [1.165, 1.54) is 15.9 Å². The highest BCUT2D eigenvalue weighted by molar-refractivity contribution is 7.16. The Kier molecular flexibility index (Phi) is 6.16. The summed E-state index contributed by atoms with van der Waals surface area (Å²) in [5.74, 6) is -0.493. The molecule has 3 aromatic heterocycles. The maximum absolute atomic E-state index is 15.6. The predicted octanol–water partition coefficient (Wildman–Crippen LogP) is 4.79. The monoisotopic (exact) mass is 586 g/mol. The van der Waals surface area contributed by atoms with E-state index in [0.717, 1.165) is 23.2 Å². The number of anilines is 3. The van der Waals surface area contributed by atoms with E-state index in [-0.39, 0.29) is 23.4 Å². The Labute approximate surface area is 249 Å². The minimum atomic E-state index is -0.611. The summed E-state index contributed by atoms with van der Waals surface area (Å²) in [5.41, 5.74) is 5.00. The number of fused-ring (bicyclic) bond motifs is 1. The number of nitriles is 1. The lowest BCUT2D eigenvalue weighted by molar-refractivity contribution is -0.149. The number of carbonyl (C=O) groups is 1. The Bertz CT molecular complexity index is 1780. The normalized spacial score (nSPS) is 19.5. The molecule has 1 spiro atoms. The van der Waals surface area contributed by atoms with Gasteiger partial charge < -0.3 is 19.4 Å². The van der Waals surface area contributed by atoms with Gasteiger partial charge in [0.1, 0.15) is 16.6 Å². The van der Waals surface area contributed by atoms with Gasteiger partial charge in [-0.05, 0) is 25.8 Å². The summed E-state index contributed by atoms with van der Waals surface area (Å²) in [6, 6.07) is 12.0. The Morgan fingerprint density at radius 2 is 2.07 bits per heavy atom. The lowest BCUT2D eigenvalue weighted by atomic mass is 9.72. The first-order valence-corrected chi connectivity index (χ1v) is 15.1. The summed E-state index contributed by atoms with van der Waals surface area (Å²) in [7, 11) is 1.87. The Morgan fingerprint density at radius 1 is 1.31 bits per heavy atom. The highest BCUT2D eigenvalue weighted by atomic mass is 32.1. The molecule has 0 N–H and O–H groups in total. The van der Waals surface area contributed by atoms with Crippen LogP contribution >= 0.6 is 11.3 Å². The smallest absolute Gasteiger partial charge is 0.228 e.